The zero-order valence-corrected chi connectivity index (χ0v) is 12.6. The van der Waals surface area contributed by atoms with E-state index < -0.39 is 0 Å². The van der Waals surface area contributed by atoms with E-state index in [1.165, 1.54) is 11.1 Å². The van der Waals surface area contributed by atoms with Gasteiger partial charge in [0, 0.05) is 5.75 Å². The van der Waals surface area contributed by atoms with Crippen molar-refractivity contribution in [3.05, 3.63) is 77.9 Å². The molecular weight excluding hydrogens is 268 g/mol. The van der Waals surface area contributed by atoms with Gasteiger partial charge < -0.3 is 0 Å². The Balaban J connectivity index is 1.95. The van der Waals surface area contributed by atoms with Crippen molar-refractivity contribution in [1.82, 2.24) is 0 Å². The molecule has 0 saturated heterocycles. The summed E-state index contributed by atoms with van der Waals surface area (Å²) in [5.74, 6) is 0.907. The zero-order chi connectivity index (χ0) is 13.7. The maximum atomic E-state index is 5.44. The van der Waals surface area contributed by atoms with Gasteiger partial charge in [0.05, 0.1) is 4.20 Å². The third-order valence-corrected chi connectivity index (χ3v) is 4.39. The first-order valence-electron chi connectivity index (χ1n) is 6.14. The molecule has 0 aliphatic heterocycles. The lowest BCUT2D eigenvalue weighted by Crippen LogP contribution is -1.92. The topological polar surface area (TPSA) is 0 Å². The molecule has 0 atom stereocenters. The van der Waals surface area contributed by atoms with Gasteiger partial charge in [-0.1, -0.05) is 79.0 Å². The average molecular weight is 284 g/mol. The molecule has 0 nitrogen and oxygen atoms in total. The Bertz CT molecular complexity index is 568. The molecule has 2 rings (SSSR count). The number of hydrogen-bond donors (Lipinski definition) is 0. The van der Waals surface area contributed by atoms with Gasteiger partial charge in [-0.05, 0) is 23.6 Å². The summed E-state index contributed by atoms with van der Waals surface area (Å²) in [5.41, 5.74) is 4.70. The van der Waals surface area contributed by atoms with E-state index >= 15 is 0 Å². The van der Waals surface area contributed by atoms with Crippen LogP contribution in [0.3, 0.4) is 0 Å². The number of benzene rings is 2. The van der Waals surface area contributed by atoms with Crippen LogP contribution >= 0.6 is 24.0 Å². The van der Waals surface area contributed by atoms with Crippen molar-refractivity contribution in [2.75, 3.05) is 0 Å². The standard InChI is InChI=1S/C17H16S2/c1-13(2)15-10-8-14(9-11-15)12-19-17(18)16-6-4-3-5-7-16/h3-11H,1,12H2,2H3. The summed E-state index contributed by atoms with van der Waals surface area (Å²) >= 11 is 7.14. The predicted molar refractivity (Wildman–Crippen MR) is 90.6 cm³/mol. The third-order valence-electron chi connectivity index (χ3n) is 2.83. The van der Waals surface area contributed by atoms with Crippen LogP contribution in [-0.2, 0) is 5.75 Å². The molecule has 2 heteroatoms. The Hall–Kier alpha value is -1.38. The summed E-state index contributed by atoms with van der Waals surface area (Å²) in [6.45, 7) is 5.97. The molecule has 0 radical (unpaired) electrons. The number of thiocarbonyl (C=S) groups is 1. The smallest absolute Gasteiger partial charge is 0.0781 e. The quantitative estimate of drug-likeness (QED) is 0.696. The van der Waals surface area contributed by atoms with Gasteiger partial charge in [0.15, 0.2) is 0 Å². The summed E-state index contributed by atoms with van der Waals surface area (Å²) in [7, 11) is 0. The number of hydrogen-bond acceptors (Lipinski definition) is 2. The maximum absolute atomic E-state index is 5.44. The van der Waals surface area contributed by atoms with Gasteiger partial charge in [-0.25, -0.2) is 0 Å². The number of allylic oxidation sites excluding steroid dienone is 1. The van der Waals surface area contributed by atoms with Crippen LogP contribution in [0.5, 0.6) is 0 Å². The van der Waals surface area contributed by atoms with Crippen LogP contribution in [0, 0.1) is 0 Å². The second-order valence-electron chi connectivity index (χ2n) is 4.42. The maximum Gasteiger partial charge on any atom is 0.0781 e. The average Bonchev–Trinajstić information content (AvgIpc) is 2.46. The normalized spacial score (nSPS) is 10.2. The highest BCUT2D eigenvalue weighted by Gasteiger charge is 2.02. The van der Waals surface area contributed by atoms with Crippen molar-refractivity contribution in [2.24, 2.45) is 0 Å². The van der Waals surface area contributed by atoms with Crippen LogP contribution < -0.4 is 0 Å². The van der Waals surface area contributed by atoms with Crippen molar-refractivity contribution in [2.45, 2.75) is 12.7 Å². The minimum absolute atomic E-state index is 0.907. The summed E-state index contributed by atoms with van der Waals surface area (Å²) in [5, 5.41) is 0. The number of rotatable bonds is 4. The molecule has 0 unspecified atom stereocenters. The van der Waals surface area contributed by atoms with Gasteiger partial charge in [-0.3, -0.25) is 0 Å². The molecule has 0 fully saturated rings. The van der Waals surface area contributed by atoms with E-state index in [1.807, 2.05) is 25.1 Å². The second-order valence-corrected chi connectivity index (χ2v) is 6.07. The molecule has 0 aliphatic rings. The molecule has 19 heavy (non-hydrogen) atoms. The molecule has 0 spiro atoms. The third kappa shape index (κ3) is 4.05. The van der Waals surface area contributed by atoms with Crippen LogP contribution in [0.1, 0.15) is 23.6 Å². The summed E-state index contributed by atoms with van der Waals surface area (Å²) in [6.07, 6.45) is 0. The van der Waals surface area contributed by atoms with Crippen LogP contribution in [-0.4, -0.2) is 4.20 Å². The van der Waals surface area contributed by atoms with E-state index in [4.69, 9.17) is 12.2 Å². The van der Waals surface area contributed by atoms with Gasteiger partial charge in [-0.15, -0.1) is 11.8 Å². The van der Waals surface area contributed by atoms with Crippen LogP contribution in [0.2, 0.25) is 0 Å². The van der Waals surface area contributed by atoms with Crippen molar-refractivity contribution in [3.8, 4) is 0 Å². The molecule has 0 bridgehead atoms. The lowest BCUT2D eigenvalue weighted by molar-refractivity contribution is 1.41. The predicted octanol–water partition coefficient (Wildman–Crippen LogP) is 5.33. The van der Waals surface area contributed by atoms with Crippen molar-refractivity contribution >= 4 is 33.7 Å². The van der Waals surface area contributed by atoms with E-state index in [9.17, 15) is 0 Å². The summed E-state index contributed by atoms with van der Waals surface area (Å²) < 4.78 is 0.949. The van der Waals surface area contributed by atoms with E-state index in [2.05, 4.69) is 43.0 Å². The van der Waals surface area contributed by atoms with Crippen molar-refractivity contribution < 1.29 is 0 Å². The summed E-state index contributed by atoms with van der Waals surface area (Å²) in [6, 6.07) is 18.7. The largest absolute Gasteiger partial charge is 0.109 e. The fourth-order valence-electron chi connectivity index (χ4n) is 1.69. The number of thioether (sulfide) groups is 1. The molecule has 0 saturated carbocycles. The molecule has 2 aromatic carbocycles. The molecular formula is C17H16S2. The Morgan fingerprint density at radius 2 is 1.63 bits per heavy atom. The van der Waals surface area contributed by atoms with Gasteiger partial charge in [0.25, 0.3) is 0 Å². The minimum atomic E-state index is 0.907. The summed E-state index contributed by atoms with van der Waals surface area (Å²) in [4.78, 5) is 0. The highest BCUT2D eigenvalue weighted by atomic mass is 32.2. The fourth-order valence-corrected chi connectivity index (χ4v) is 2.80. The lowest BCUT2D eigenvalue weighted by atomic mass is 10.1. The van der Waals surface area contributed by atoms with E-state index in [0.717, 1.165) is 21.1 Å². The van der Waals surface area contributed by atoms with Gasteiger partial charge in [-0.2, -0.15) is 0 Å². The molecule has 96 valence electrons. The first-order valence-corrected chi connectivity index (χ1v) is 7.53. The molecule has 2 aromatic rings. The van der Waals surface area contributed by atoms with E-state index in [1.54, 1.807) is 11.8 Å². The van der Waals surface area contributed by atoms with Gasteiger partial charge >= 0.3 is 0 Å². The first kappa shape index (κ1) is 14.0. The zero-order valence-electron chi connectivity index (χ0n) is 10.9. The Morgan fingerprint density at radius 3 is 2.21 bits per heavy atom. The minimum Gasteiger partial charge on any atom is -0.109 e. The van der Waals surface area contributed by atoms with Crippen molar-refractivity contribution in [1.29, 1.82) is 0 Å². The second kappa shape index (κ2) is 6.69. The van der Waals surface area contributed by atoms with Crippen molar-refractivity contribution in [3.63, 3.8) is 0 Å². The Labute approximate surface area is 124 Å². The molecule has 0 aliphatic carbocycles. The molecule has 0 heterocycles. The van der Waals surface area contributed by atoms with Gasteiger partial charge in [0.1, 0.15) is 0 Å². The molecule has 0 aromatic heterocycles. The Morgan fingerprint density at radius 1 is 1.00 bits per heavy atom. The van der Waals surface area contributed by atoms with E-state index in [-0.39, 0.29) is 0 Å². The van der Waals surface area contributed by atoms with Gasteiger partial charge in [0.2, 0.25) is 0 Å². The highest BCUT2D eigenvalue weighted by Crippen LogP contribution is 2.20. The lowest BCUT2D eigenvalue weighted by Gasteiger charge is -2.05. The molecule has 0 amide bonds. The van der Waals surface area contributed by atoms with Crippen LogP contribution in [0.15, 0.2) is 61.2 Å². The van der Waals surface area contributed by atoms with E-state index in [0.29, 0.717) is 0 Å². The van der Waals surface area contributed by atoms with Crippen LogP contribution in [0.4, 0.5) is 0 Å². The molecule has 0 N–H and O–H groups in total. The Kier molecular flexibility index (Phi) is 4.94. The fraction of sp³-hybridized carbons (Fsp3) is 0.118. The SMILES string of the molecule is C=C(C)c1ccc(CSC(=S)c2ccccc2)cc1. The van der Waals surface area contributed by atoms with Crippen LogP contribution in [0.25, 0.3) is 5.57 Å². The highest BCUT2D eigenvalue weighted by molar-refractivity contribution is 8.23. The monoisotopic (exact) mass is 284 g/mol. The first-order chi connectivity index (χ1) is 9.16.